The second-order valence-electron chi connectivity index (χ2n) is 4.79. The maximum Gasteiger partial charge on any atom is 0.280 e. The van der Waals surface area contributed by atoms with Crippen molar-refractivity contribution in [1.82, 2.24) is 5.43 Å². The Kier molecular flexibility index (Phi) is 6.35. The molecule has 0 radical (unpaired) electrons. The van der Waals surface area contributed by atoms with Crippen molar-refractivity contribution < 1.29 is 14.3 Å². The minimum atomic E-state index is -0.686. The second kappa shape index (κ2) is 8.96. The zero-order valence-corrected chi connectivity index (χ0v) is 13.2. The number of benzene rings is 2. The molecular weight excluding hydrogens is 306 g/mol. The molecule has 24 heavy (non-hydrogen) atoms. The van der Waals surface area contributed by atoms with E-state index < -0.39 is 6.10 Å². The molecule has 1 atom stereocenters. The summed E-state index contributed by atoms with van der Waals surface area (Å²) in [5.74, 6) is 0.760. The van der Waals surface area contributed by atoms with E-state index in [1.807, 2.05) is 30.3 Å². The molecule has 0 aliphatic carbocycles. The van der Waals surface area contributed by atoms with Crippen LogP contribution in [0.1, 0.15) is 12.5 Å². The number of nitriles is 1. The van der Waals surface area contributed by atoms with Crippen LogP contribution in [0.3, 0.4) is 0 Å². The molecule has 6 heteroatoms. The van der Waals surface area contributed by atoms with Gasteiger partial charge in [-0.05, 0) is 31.2 Å². The van der Waals surface area contributed by atoms with Crippen molar-refractivity contribution in [2.24, 2.45) is 5.10 Å². The molecular formula is C18H17N3O3. The third-order valence-electron chi connectivity index (χ3n) is 3.01. The van der Waals surface area contributed by atoms with Crippen molar-refractivity contribution in [3.8, 4) is 17.6 Å². The van der Waals surface area contributed by atoms with Crippen molar-refractivity contribution >= 4 is 12.1 Å². The first kappa shape index (κ1) is 17.0. The van der Waals surface area contributed by atoms with Gasteiger partial charge in [-0.25, -0.2) is 5.43 Å². The SMILES string of the molecule is CC(Oc1ccccc1)C(=O)N/N=C\c1ccccc1OCC#N. The number of hydrogen-bond acceptors (Lipinski definition) is 5. The predicted molar refractivity (Wildman–Crippen MR) is 89.8 cm³/mol. The normalized spacial score (nSPS) is 11.5. The molecule has 0 aliphatic rings. The Balaban J connectivity index is 1.91. The van der Waals surface area contributed by atoms with Crippen LogP contribution in [-0.2, 0) is 4.79 Å². The van der Waals surface area contributed by atoms with Gasteiger partial charge in [0, 0.05) is 5.56 Å². The molecule has 2 rings (SSSR count). The van der Waals surface area contributed by atoms with Gasteiger partial charge in [0.2, 0.25) is 0 Å². The second-order valence-corrected chi connectivity index (χ2v) is 4.79. The van der Waals surface area contributed by atoms with E-state index in [1.54, 1.807) is 37.3 Å². The van der Waals surface area contributed by atoms with Crippen molar-refractivity contribution in [3.63, 3.8) is 0 Å². The minimum absolute atomic E-state index is 0.0564. The van der Waals surface area contributed by atoms with E-state index >= 15 is 0 Å². The highest BCUT2D eigenvalue weighted by atomic mass is 16.5. The van der Waals surface area contributed by atoms with Crippen molar-refractivity contribution in [3.05, 3.63) is 60.2 Å². The lowest BCUT2D eigenvalue weighted by atomic mass is 10.2. The smallest absolute Gasteiger partial charge is 0.280 e. The third kappa shape index (κ3) is 5.14. The molecule has 2 aromatic rings. The maximum absolute atomic E-state index is 12.0. The molecule has 0 aromatic heterocycles. The van der Waals surface area contributed by atoms with Gasteiger partial charge >= 0.3 is 0 Å². The number of carbonyl (C=O) groups excluding carboxylic acids is 1. The fraction of sp³-hybridized carbons (Fsp3) is 0.167. The lowest BCUT2D eigenvalue weighted by molar-refractivity contribution is -0.127. The maximum atomic E-state index is 12.0. The highest BCUT2D eigenvalue weighted by Gasteiger charge is 2.13. The first-order valence-corrected chi connectivity index (χ1v) is 7.34. The molecule has 0 fully saturated rings. The van der Waals surface area contributed by atoms with Gasteiger partial charge < -0.3 is 9.47 Å². The Bertz CT molecular complexity index is 739. The molecule has 0 spiro atoms. The number of amides is 1. The van der Waals surface area contributed by atoms with Gasteiger partial charge in [0.25, 0.3) is 5.91 Å². The van der Waals surface area contributed by atoms with Gasteiger partial charge in [0.15, 0.2) is 12.7 Å². The molecule has 6 nitrogen and oxygen atoms in total. The van der Waals surface area contributed by atoms with Crippen LogP contribution < -0.4 is 14.9 Å². The molecule has 0 saturated carbocycles. The highest BCUT2D eigenvalue weighted by Crippen LogP contribution is 2.15. The first-order chi connectivity index (χ1) is 11.7. The first-order valence-electron chi connectivity index (χ1n) is 7.34. The van der Waals surface area contributed by atoms with Crippen LogP contribution >= 0.6 is 0 Å². The van der Waals surface area contributed by atoms with Crippen LogP contribution in [0.5, 0.6) is 11.5 Å². The number of carbonyl (C=O) groups is 1. The lowest BCUT2D eigenvalue weighted by Crippen LogP contribution is -2.33. The number of ether oxygens (including phenoxy) is 2. The Labute approximate surface area is 140 Å². The van der Waals surface area contributed by atoms with Gasteiger partial charge in [-0.15, -0.1) is 0 Å². The van der Waals surface area contributed by atoms with E-state index in [2.05, 4.69) is 10.5 Å². The molecule has 0 aliphatic heterocycles. The van der Waals surface area contributed by atoms with Crippen molar-refractivity contribution in [1.29, 1.82) is 5.26 Å². The summed E-state index contributed by atoms with van der Waals surface area (Å²) in [4.78, 5) is 12.0. The average molecular weight is 323 g/mol. The Morgan fingerprint density at radius 1 is 1.25 bits per heavy atom. The summed E-state index contributed by atoms with van der Waals surface area (Å²) >= 11 is 0. The largest absolute Gasteiger partial charge is 0.481 e. The number of rotatable bonds is 7. The van der Waals surface area contributed by atoms with Gasteiger partial charge in [-0.3, -0.25) is 4.79 Å². The molecule has 0 heterocycles. The monoisotopic (exact) mass is 323 g/mol. The van der Waals surface area contributed by atoms with Crippen LogP contribution in [0.2, 0.25) is 0 Å². The molecule has 1 unspecified atom stereocenters. The summed E-state index contributed by atoms with van der Waals surface area (Å²) in [6.45, 7) is 1.58. The van der Waals surface area contributed by atoms with E-state index in [0.29, 0.717) is 17.1 Å². The van der Waals surface area contributed by atoms with Crippen LogP contribution in [0.25, 0.3) is 0 Å². The quantitative estimate of drug-likeness (QED) is 0.627. The highest BCUT2D eigenvalue weighted by molar-refractivity contribution is 5.86. The van der Waals surface area contributed by atoms with Gasteiger partial charge in [0.05, 0.1) is 6.21 Å². The van der Waals surface area contributed by atoms with Gasteiger partial charge in [0.1, 0.15) is 17.6 Å². The molecule has 122 valence electrons. The summed E-state index contributed by atoms with van der Waals surface area (Å²) in [6, 6.07) is 18.1. The van der Waals surface area contributed by atoms with Crippen molar-refractivity contribution in [2.75, 3.05) is 6.61 Å². The van der Waals surface area contributed by atoms with E-state index in [1.165, 1.54) is 6.21 Å². The standard InChI is InChI=1S/C18H17N3O3/c1-14(24-16-8-3-2-4-9-16)18(22)21-20-13-15-7-5-6-10-17(15)23-12-11-19/h2-10,13-14H,12H2,1H3,(H,21,22)/b20-13-. The van der Waals surface area contributed by atoms with Crippen LogP contribution in [-0.4, -0.2) is 24.8 Å². The summed E-state index contributed by atoms with van der Waals surface area (Å²) in [6.07, 6.45) is 0.773. The number of para-hydroxylation sites is 2. The van der Waals surface area contributed by atoms with E-state index in [-0.39, 0.29) is 12.5 Å². The van der Waals surface area contributed by atoms with Crippen LogP contribution in [0.15, 0.2) is 59.7 Å². The molecule has 1 amide bonds. The van der Waals surface area contributed by atoms with E-state index in [9.17, 15) is 4.79 Å². The van der Waals surface area contributed by atoms with Crippen molar-refractivity contribution in [2.45, 2.75) is 13.0 Å². The summed E-state index contributed by atoms with van der Waals surface area (Å²) in [5.41, 5.74) is 3.08. The number of nitrogens with one attached hydrogen (secondary N) is 1. The fourth-order valence-corrected chi connectivity index (χ4v) is 1.84. The Morgan fingerprint density at radius 3 is 2.71 bits per heavy atom. The lowest BCUT2D eigenvalue weighted by Gasteiger charge is -2.12. The van der Waals surface area contributed by atoms with E-state index in [0.717, 1.165) is 0 Å². The fourth-order valence-electron chi connectivity index (χ4n) is 1.84. The van der Waals surface area contributed by atoms with Gasteiger partial charge in [-0.2, -0.15) is 10.4 Å². The number of hydrogen-bond donors (Lipinski definition) is 1. The minimum Gasteiger partial charge on any atom is -0.481 e. The topological polar surface area (TPSA) is 83.7 Å². The van der Waals surface area contributed by atoms with Crippen LogP contribution in [0.4, 0.5) is 0 Å². The average Bonchev–Trinajstić information content (AvgIpc) is 2.61. The van der Waals surface area contributed by atoms with E-state index in [4.69, 9.17) is 14.7 Å². The zero-order valence-electron chi connectivity index (χ0n) is 13.2. The molecule has 0 saturated heterocycles. The molecule has 1 N–H and O–H groups in total. The number of hydrazone groups is 1. The van der Waals surface area contributed by atoms with Crippen LogP contribution in [0, 0.1) is 11.3 Å². The Hall–Kier alpha value is -3.33. The predicted octanol–water partition coefficient (Wildman–Crippen LogP) is 2.51. The third-order valence-corrected chi connectivity index (χ3v) is 3.01. The summed E-state index contributed by atoms with van der Waals surface area (Å²) in [5, 5.41) is 12.5. The molecule has 0 bridgehead atoms. The Morgan fingerprint density at radius 2 is 1.96 bits per heavy atom. The zero-order chi connectivity index (χ0) is 17.2. The number of nitrogens with zero attached hydrogens (tertiary/aromatic N) is 2. The summed E-state index contributed by atoms with van der Waals surface area (Å²) in [7, 11) is 0. The van der Waals surface area contributed by atoms with Gasteiger partial charge in [-0.1, -0.05) is 30.3 Å². The summed E-state index contributed by atoms with van der Waals surface area (Å²) < 4.78 is 10.8. The molecule has 2 aromatic carbocycles.